The van der Waals surface area contributed by atoms with Gasteiger partial charge in [0.1, 0.15) is 12.7 Å². The Labute approximate surface area is 71.7 Å². The highest BCUT2D eigenvalue weighted by Crippen LogP contribution is 2.04. The predicted octanol–water partition coefficient (Wildman–Crippen LogP) is 1.88. The molecule has 0 aliphatic rings. The summed E-state index contributed by atoms with van der Waals surface area (Å²) in [4.78, 5) is 0. The minimum Gasteiger partial charge on any atom is -0.288 e. The number of hydrogen-bond donors (Lipinski definition) is 0. The van der Waals surface area contributed by atoms with E-state index in [1.165, 1.54) is 0 Å². The van der Waals surface area contributed by atoms with Crippen molar-refractivity contribution in [1.82, 2.24) is 14.8 Å². The number of hydrogen-bond acceptors (Lipinski definition) is 2. The highest BCUT2D eigenvalue weighted by atomic mass is 15.2. The second-order valence-electron chi connectivity index (χ2n) is 2.20. The fourth-order valence-corrected chi connectivity index (χ4v) is 0.853. The highest BCUT2D eigenvalue weighted by molar-refractivity contribution is 5.58. The molecule has 0 unspecified atom stereocenters. The Morgan fingerprint density at radius 2 is 2.08 bits per heavy atom. The summed E-state index contributed by atoms with van der Waals surface area (Å²) in [7, 11) is 0. The van der Waals surface area contributed by atoms with Crippen LogP contribution in [0.4, 0.5) is 0 Å². The van der Waals surface area contributed by atoms with Gasteiger partial charge in [0.25, 0.3) is 0 Å². The molecular weight excluding hydrogens is 150 g/mol. The van der Waals surface area contributed by atoms with Crippen molar-refractivity contribution >= 4 is 5.70 Å². The standard InChI is InChI=1S/C9H11N3/c1-3-5-9(6-4-2)12-7-10-11-8-12/h3-8H,1H2,2H3/b6-4-,9-5+. The average Bonchev–Trinajstić information content (AvgIpc) is 2.56. The summed E-state index contributed by atoms with van der Waals surface area (Å²) >= 11 is 0. The zero-order valence-corrected chi connectivity index (χ0v) is 7.01. The van der Waals surface area contributed by atoms with E-state index in [-0.39, 0.29) is 0 Å². The van der Waals surface area contributed by atoms with E-state index in [0.29, 0.717) is 0 Å². The maximum absolute atomic E-state index is 3.71. The topological polar surface area (TPSA) is 30.7 Å². The van der Waals surface area contributed by atoms with Crippen molar-refractivity contribution < 1.29 is 0 Å². The van der Waals surface area contributed by atoms with Crippen LogP contribution in [-0.2, 0) is 0 Å². The molecule has 0 aliphatic heterocycles. The number of nitrogens with zero attached hydrogens (tertiary/aromatic N) is 3. The molecule has 12 heavy (non-hydrogen) atoms. The molecule has 0 radical (unpaired) electrons. The molecular formula is C9H11N3. The van der Waals surface area contributed by atoms with Gasteiger partial charge in [-0.25, -0.2) is 0 Å². The Morgan fingerprint density at radius 1 is 1.42 bits per heavy atom. The summed E-state index contributed by atoms with van der Waals surface area (Å²) in [5.74, 6) is 0. The molecule has 0 fully saturated rings. The average molecular weight is 161 g/mol. The first-order chi connectivity index (χ1) is 5.88. The Kier molecular flexibility index (Phi) is 3.02. The third-order valence-electron chi connectivity index (χ3n) is 1.34. The van der Waals surface area contributed by atoms with Crippen molar-refractivity contribution in [2.24, 2.45) is 0 Å². The van der Waals surface area contributed by atoms with Crippen molar-refractivity contribution in [2.45, 2.75) is 6.92 Å². The molecule has 0 saturated carbocycles. The summed E-state index contributed by atoms with van der Waals surface area (Å²) in [5.41, 5.74) is 0.998. The van der Waals surface area contributed by atoms with Gasteiger partial charge < -0.3 is 0 Å². The third-order valence-corrected chi connectivity index (χ3v) is 1.34. The molecule has 0 spiro atoms. The van der Waals surface area contributed by atoms with Crippen LogP contribution in [0.2, 0.25) is 0 Å². The van der Waals surface area contributed by atoms with E-state index in [1.807, 2.05) is 29.7 Å². The molecule has 1 aromatic heterocycles. The van der Waals surface area contributed by atoms with Gasteiger partial charge in [0.15, 0.2) is 0 Å². The summed E-state index contributed by atoms with van der Waals surface area (Å²) < 4.78 is 1.82. The van der Waals surface area contributed by atoms with Gasteiger partial charge in [-0.1, -0.05) is 18.7 Å². The maximum Gasteiger partial charge on any atom is 0.123 e. The second kappa shape index (κ2) is 4.28. The molecule has 0 aromatic carbocycles. The Hall–Kier alpha value is -1.64. The van der Waals surface area contributed by atoms with Crippen molar-refractivity contribution in [1.29, 1.82) is 0 Å². The molecule has 0 bridgehead atoms. The molecule has 0 amide bonds. The first-order valence-electron chi connectivity index (χ1n) is 3.69. The first-order valence-corrected chi connectivity index (χ1v) is 3.69. The molecule has 0 aliphatic carbocycles. The number of rotatable bonds is 3. The van der Waals surface area contributed by atoms with E-state index in [0.717, 1.165) is 5.70 Å². The van der Waals surface area contributed by atoms with E-state index in [9.17, 15) is 0 Å². The van der Waals surface area contributed by atoms with Crippen LogP contribution >= 0.6 is 0 Å². The van der Waals surface area contributed by atoms with E-state index in [4.69, 9.17) is 0 Å². The third kappa shape index (κ3) is 1.92. The van der Waals surface area contributed by atoms with Crippen molar-refractivity contribution in [3.8, 4) is 0 Å². The number of allylic oxidation sites excluding steroid dienone is 5. The van der Waals surface area contributed by atoms with Gasteiger partial charge in [0.05, 0.1) is 0 Å². The number of aromatic nitrogens is 3. The van der Waals surface area contributed by atoms with Gasteiger partial charge in [-0.2, -0.15) is 0 Å². The van der Waals surface area contributed by atoms with Crippen LogP contribution in [0.5, 0.6) is 0 Å². The molecule has 1 rings (SSSR count). The van der Waals surface area contributed by atoms with E-state index in [1.54, 1.807) is 18.7 Å². The summed E-state index contributed by atoms with van der Waals surface area (Å²) in [6.07, 6.45) is 10.8. The van der Waals surface area contributed by atoms with Crippen molar-refractivity contribution in [3.63, 3.8) is 0 Å². The first kappa shape index (κ1) is 8.46. The predicted molar refractivity (Wildman–Crippen MR) is 49.3 cm³/mol. The normalized spacial score (nSPS) is 12.2. The smallest absolute Gasteiger partial charge is 0.123 e. The quantitative estimate of drug-likeness (QED) is 0.634. The second-order valence-corrected chi connectivity index (χ2v) is 2.20. The lowest BCUT2D eigenvalue weighted by Gasteiger charge is -1.98. The molecule has 0 saturated heterocycles. The van der Waals surface area contributed by atoms with E-state index >= 15 is 0 Å². The summed E-state index contributed by atoms with van der Waals surface area (Å²) in [6, 6.07) is 0. The van der Waals surface area contributed by atoms with Gasteiger partial charge in [0.2, 0.25) is 0 Å². The van der Waals surface area contributed by atoms with Gasteiger partial charge in [0, 0.05) is 5.70 Å². The van der Waals surface area contributed by atoms with Gasteiger partial charge >= 0.3 is 0 Å². The minimum absolute atomic E-state index is 0.998. The van der Waals surface area contributed by atoms with Crippen LogP contribution < -0.4 is 0 Å². The maximum atomic E-state index is 3.71. The zero-order chi connectivity index (χ0) is 8.81. The monoisotopic (exact) mass is 161 g/mol. The Morgan fingerprint density at radius 3 is 2.58 bits per heavy atom. The van der Waals surface area contributed by atoms with Crippen LogP contribution in [0.3, 0.4) is 0 Å². The fourth-order valence-electron chi connectivity index (χ4n) is 0.853. The molecule has 3 heteroatoms. The van der Waals surface area contributed by atoms with Crippen LogP contribution in [0, 0.1) is 0 Å². The van der Waals surface area contributed by atoms with Crippen molar-refractivity contribution in [2.75, 3.05) is 0 Å². The Balaban J connectivity index is 2.95. The molecule has 0 atom stereocenters. The van der Waals surface area contributed by atoms with Gasteiger partial charge in [-0.15, -0.1) is 10.2 Å². The fraction of sp³-hybridized carbons (Fsp3) is 0.111. The SMILES string of the molecule is C=C/C=C(\C=C/C)n1cnnc1. The van der Waals surface area contributed by atoms with Gasteiger partial charge in [-0.3, -0.25) is 4.57 Å². The lowest BCUT2D eigenvalue weighted by molar-refractivity contribution is 1.09. The lowest BCUT2D eigenvalue weighted by atomic mass is 10.3. The molecule has 3 nitrogen and oxygen atoms in total. The Bertz CT molecular complexity index is 294. The molecule has 1 heterocycles. The van der Waals surface area contributed by atoms with Crippen molar-refractivity contribution in [3.05, 3.63) is 43.5 Å². The van der Waals surface area contributed by atoms with Crippen LogP contribution in [0.25, 0.3) is 5.70 Å². The van der Waals surface area contributed by atoms with E-state index < -0.39 is 0 Å². The lowest BCUT2D eigenvalue weighted by Crippen LogP contribution is -1.89. The van der Waals surface area contributed by atoms with Gasteiger partial charge in [-0.05, 0) is 19.1 Å². The summed E-state index contributed by atoms with van der Waals surface area (Å²) in [6.45, 7) is 5.59. The molecule has 1 aromatic rings. The zero-order valence-electron chi connectivity index (χ0n) is 7.01. The van der Waals surface area contributed by atoms with Crippen LogP contribution in [0.15, 0.2) is 43.5 Å². The molecule has 62 valence electrons. The summed E-state index contributed by atoms with van der Waals surface area (Å²) in [5, 5.41) is 7.42. The van der Waals surface area contributed by atoms with E-state index in [2.05, 4.69) is 16.8 Å². The molecule has 0 N–H and O–H groups in total. The van der Waals surface area contributed by atoms with Crippen LogP contribution in [0.1, 0.15) is 6.92 Å². The van der Waals surface area contributed by atoms with Crippen LogP contribution in [-0.4, -0.2) is 14.8 Å². The highest BCUT2D eigenvalue weighted by Gasteiger charge is 1.92. The largest absolute Gasteiger partial charge is 0.288 e. The minimum atomic E-state index is 0.998.